The lowest BCUT2D eigenvalue weighted by molar-refractivity contribution is 0.374. The predicted octanol–water partition coefficient (Wildman–Crippen LogP) is 3.93. The van der Waals surface area contributed by atoms with Crippen LogP contribution >= 0.6 is 0 Å². The average Bonchev–Trinajstić information content (AvgIpc) is 3.24. The zero-order valence-corrected chi connectivity index (χ0v) is 15.7. The summed E-state index contributed by atoms with van der Waals surface area (Å²) in [6.45, 7) is 4.36. The fraction of sp³-hybridized carbons (Fsp3) is 0.364. The third-order valence-corrected chi connectivity index (χ3v) is 5.16. The van der Waals surface area contributed by atoms with Crippen molar-refractivity contribution in [3.05, 3.63) is 66.9 Å². The van der Waals surface area contributed by atoms with Crippen molar-refractivity contribution in [3.63, 3.8) is 0 Å². The van der Waals surface area contributed by atoms with Crippen molar-refractivity contribution in [2.24, 2.45) is 0 Å². The van der Waals surface area contributed by atoms with E-state index >= 15 is 0 Å². The van der Waals surface area contributed by atoms with Crippen LogP contribution in [0.25, 0.3) is 11.3 Å². The number of nitrogens with one attached hydrogen (secondary N) is 1. The first-order valence-electron chi connectivity index (χ1n) is 9.68. The van der Waals surface area contributed by atoms with E-state index in [1.165, 1.54) is 5.69 Å². The minimum atomic E-state index is 0.403. The molecule has 5 heteroatoms. The van der Waals surface area contributed by atoms with E-state index in [1.54, 1.807) is 18.7 Å². The van der Waals surface area contributed by atoms with Crippen LogP contribution in [0.3, 0.4) is 0 Å². The van der Waals surface area contributed by atoms with Crippen molar-refractivity contribution in [3.8, 4) is 11.3 Å². The molecule has 0 aliphatic carbocycles. The van der Waals surface area contributed by atoms with Gasteiger partial charge in [-0.25, -0.2) is 0 Å². The molecule has 2 aromatic heterocycles. The maximum absolute atomic E-state index is 5.53. The molecule has 0 bridgehead atoms. The van der Waals surface area contributed by atoms with Crippen LogP contribution in [0.5, 0.6) is 0 Å². The SMILES string of the molecule is CC(Cc1cnccn1)NC1CCN(c2cccc(-c3ccco3)c2)CC1. The largest absolute Gasteiger partial charge is 0.464 e. The summed E-state index contributed by atoms with van der Waals surface area (Å²) in [7, 11) is 0. The summed E-state index contributed by atoms with van der Waals surface area (Å²) in [5.41, 5.74) is 3.45. The molecule has 0 saturated carbocycles. The lowest BCUT2D eigenvalue weighted by atomic mass is 10.0. The van der Waals surface area contributed by atoms with Crippen LogP contribution in [0, 0.1) is 0 Å². The van der Waals surface area contributed by atoms with E-state index in [9.17, 15) is 0 Å². The number of furan rings is 1. The predicted molar refractivity (Wildman–Crippen MR) is 108 cm³/mol. The molecule has 1 N–H and O–H groups in total. The number of piperidine rings is 1. The molecule has 3 heterocycles. The van der Waals surface area contributed by atoms with E-state index < -0.39 is 0 Å². The maximum Gasteiger partial charge on any atom is 0.133 e. The van der Waals surface area contributed by atoms with Gasteiger partial charge in [0.05, 0.1) is 12.0 Å². The van der Waals surface area contributed by atoms with E-state index in [2.05, 4.69) is 51.4 Å². The molecule has 0 radical (unpaired) electrons. The van der Waals surface area contributed by atoms with Crippen LogP contribution in [-0.2, 0) is 6.42 Å². The van der Waals surface area contributed by atoms with Gasteiger partial charge in [0.15, 0.2) is 0 Å². The van der Waals surface area contributed by atoms with Gasteiger partial charge in [-0.2, -0.15) is 0 Å². The number of hydrogen-bond donors (Lipinski definition) is 1. The van der Waals surface area contributed by atoms with E-state index in [0.29, 0.717) is 12.1 Å². The van der Waals surface area contributed by atoms with Crippen molar-refractivity contribution in [2.45, 2.75) is 38.3 Å². The van der Waals surface area contributed by atoms with Crippen LogP contribution in [0.1, 0.15) is 25.5 Å². The van der Waals surface area contributed by atoms with Gasteiger partial charge >= 0.3 is 0 Å². The van der Waals surface area contributed by atoms with Gasteiger partial charge in [-0.05, 0) is 44.0 Å². The minimum absolute atomic E-state index is 0.403. The van der Waals surface area contributed by atoms with Crippen molar-refractivity contribution < 1.29 is 4.42 Å². The summed E-state index contributed by atoms with van der Waals surface area (Å²) in [5, 5.41) is 3.76. The highest BCUT2D eigenvalue weighted by molar-refractivity contribution is 5.64. The second-order valence-corrected chi connectivity index (χ2v) is 7.26. The molecule has 1 aliphatic heterocycles. The van der Waals surface area contributed by atoms with Crippen LogP contribution in [0.15, 0.2) is 65.7 Å². The van der Waals surface area contributed by atoms with Crippen LogP contribution in [-0.4, -0.2) is 35.1 Å². The second-order valence-electron chi connectivity index (χ2n) is 7.26. The fourth-order valence-electron chi connectivity index (χ4n) is 3.81. The normalized spacial score (nSPS) is 16.4. The van der Waals surface area contributed by atoms with Gasteiger partial charge in [-0.1, -0.05) is 12.1 Å². The Balaban J connectivity index is 1.31. The van der Waals surface area contributed by atoms with Gasteiger partial charge in [0.1, 0.15) is 5.76 Å². The molecule has 140 valence electrons. The van der Waals surface area contributed by atoms with Crippen molar-refractivity contribution in [2.75, 3.05) is 18.0 Å². The molecule has 1 aliphatic rings. The summed E-state index contributed by atoms with van der Waals surface area (Å²) in [6.07, 6.45) is 10.3. The van der Waals surface area contributed by atoms with Gasteiger partial charge in [-0.3, -0.25) is 9.97 Å². The molecule has 3 aromatic rings. The lowest BCUT2D eigenvalue weighted by Crippen LogP contribution is -2.46. The highest BCUT2D eigenvalue weighted by atomic mass is 16.3. The Bertz CT molecular complexity index is 827. The van der Waals surface area contributed by atoms with Gasteiger partial charge in [0, 0.05) is 61.4 Å². The first-order chi connectivity index (χ1) is 13.3. The van der Waals surface area contributed by atoms with Gasteiger partial charge in [-0.15, -0.1) is 0 Å². The Morgan fingerprint density at radius 1 is 1.19 bits per heavy atom. The smallest absolute Gasteiger partial charge is 0.133 e. The van der Waals surface area contributed by atoms with E-state index in [4.69, 9.17) is 4.42 Å². The number of rotatable bonds is 6. The Hall–Kier alpha value is -2.66. The topological polar surface area (TPSA) is 54.2 Å². The summed E-state index contributed by atoms with van der Waals surface area (Å²) < 4.78 is 5.53. The molecule has 5 nitrogen and oxygen atoms in total. The standard InChI is InChI=1S/C22H26N4O/c1-17(14-20-16-23-9-10-24-20)25-19-7-11-26(12-8-19)21-5-2-4-18(15-21)22-6-3-13-27-22/h2-6,9-10,13,15-17,19,25H,7-8,11-12,14H2,1H3. The number of nitrogens with zero attached hydrogens (tertiary/aromatic N) is 3. The quantitative estimate of drug-likeness (QED) is 0.720. The molecule has 27 heavy (non-hydrogen) atoms. The third kappa shape index (κ3) is 4.55. The monoisotopic (exact) mass is 362 g/mol. The fourth-order valence-corrected chi connectivity index (χ4v) is 3.81. The minimum Gasteiger partial charge on any atom is -0.464 e. The van der Waals surface area contributed by atoms with E-state index in [-0.39, 0.29) is 0 Å². The van der Waals surface area contributed by atoms with Gasteiger partial charge in [0.25, 0.3) is 0 Å². The zero-order valence-electron chi connectivity index (χ0n) is 15.7. The Morgan fingerprint density at radius 2 is 2.07 bits per heavy atom. The zero-order chi connectivity index (χ0) is 18.5. The molecular formula is C22H26N4O. The molecule has 1 unspecified atom stereocenters. The van der Waals surface area contributed by atoms with Crippen molar-refractivity contribution in [1.82, 2.24) is 15.3 Å². The molecule has 4 rings (SSSR count). The summed E-state index contributed by atoms with van der Waals surface area (Å²) in [6, 6.07) is 13.5. The molecule has 1 aromatic carbocycles. The summed E-state index contributed by atoms with van der Waals surface area (Å²) >= 11 is 0. The second kappa shape index (κ2) is 8.35. The Kier molecular flexibility index (Phi) is 5.49. The maximum atomic E-state index is 5.53. The molecule has 0 spiro atoms. The molecule has 0 amide bonds. The first-order valence-corrected chi connectivity index (χ1v) is 9.68. The highest BCUT2D eigenvalue weighted by Gasteiger charge is 2.21. The van der Waals surface area contributed by atoms with Crippen LogP contribution in [0.2, 0.25) is 0 Å². The molecule has 1 atom stereocenters. The van der Waals surface area contributed by atoms with Crippen molar-refractivity contribution in [1.29, 1.82) is 0 Å². The van der Waals surface area contributed by atoms with E-state index in [0.717, 1.165) is 49.4 Å². The molecular weight excluding hydrogens is 336 g/mol. The number of aromatic nitrogens is 2. The van der Waals surface area contributed by atoms with Crippen LogP contribution < -0.4 is 10.2 Å². The van der Waals surface area contributed by atoms with E-state index in [1.807, 2.05) is 18.3 Å². The van der Waals surface area contributed by atoms with Crippen LogP contribution in [0.4, 0.5) is 5.69 Å². The molecule has 1 fully saturated rings. The highest BCUT2D eigenvalue weighted by Crippen LogP contribution is 2.27. The Morgan fingerprint density at radius 3 is 2.81 bits per heavy atom. The Labute approximate surface area is 160 Å². The third-order valence-electron chi connectivity index (χ3n) is 5.16. The summed E-state index contributed by atoms with van der Waals surface area (Å²) in [5.74, 6) is 0.922. The number of anilines is 1. The first kappa shape index (κ1) is 17.7. The number of benzene rings is 1. The number of hydrogen-bond acceptors (Lipinski definition) is 5. The summed E-state index contributed by atoms with van der Waals surface area (Å²) in [4.78, 5) is 11.0. The van der Waals surface area contributed by atoms with Crippen molar-refractivity contribution >= 4 is 5.69 Å². The average molecular weight is 362 g/mol. The van der Waals surface area contributed by atoms with Gasteiger partial charge in [0.2, 0.25) is 0 Å². The lowest BCUT2D eigenvalue weighted by Gasteiger charge is -2.35. The molecule has 1 saturated heterocycles. The van der Waals surface area contributed by atoms with Gasteiger partial charge < -0.3 is 14.6 Å².